The number of benzene rings is 1. The van der Waals surface area contributed by atoms with Gasteiger partial charge in [0.05, 0.1) is 5.69 Å². The molecule has 24 heavy (non-hydrogen) atoms. The van der Waals surface area contributed by atoms with Crippen LogP contribution in [0.25, 0.3) is 0 Å². The number of hydrogen-bond acceptors (Lipinski definition) is 3. The summed E-state index contributed by atoms with van der Waals surface area (Å²) in [6.45, 7) is 2.63. The Morgan fingerprint density at radius 3 is 2.62 bits per heavy atom. The second-order valence-electron chi connectivity index (χ2n) is 5.90. The number of unbranched alkanes of at least 4 members (excludes halogenated alkanes) is 3. The van der Waals surface area contributed by atoms with E-state index in [0.29, 0.717) is 6.42 Å². The molecule has 1 aliphatic heterocycles. The van der Waals surface area contributed by atoms with Crippen LogP contribution in [0.4, 0.5) is 5.69 Å². The van der Waals surface area contributed by atoms with Crippen molar-refractivity contribution in [2.75, 3.05) is 24.5 Å². The molecule has 1 amide bonds. The van der Waals surface area contributed by atoms with E-state index in [2.05, 4.69) is 38.3 Å². The summed E-state index contributed by atoms with van der Waals surface area (Å²) in [4.78, 5) is 14.3. The van der Waals surface area contributed by atoms with E-state index in [9.17, 15) is 4.79 Å². The van der Waals surface area contributed by atoms with Crippen LogP contribution < -0.4 is 16.0 Å². The molecule has 138 valence electrons. The third kappa shape index (κ3) is 7.60. The summed E-state index contributed by atoms with van der Waals surface area (Å²) in [6, 6.07) is 8.51. The molecule has 2 rings (SSSR count). The number of nitrogens with two attached hydrogens (primary N) is 1. The molecule has 1 unspecified atom stereocenters. The Labute approximate surface area is 165 Å². The fraction of sp³-hybridized carbons (Fsp3) is 0.588. The van der Waals surface area contributed by atoms with Crippen LogP contribution in [0.3, 0.4) is 0 Å². The van der Waals surface area contributed by atoms with Gasteiger partial charge in [-0.2, -0.15) is 0 Å². The van der Waals surface area contributed by atoms with Crippen molar-refractivity contribution in [3.05, 3.63) is 28.7 Å². The number of nitrogens with one attached hydrogen (secondary N) is 1. The molecule has 1 aromatic rings. The quantitative estimate of drug-likeness (QED) is 0.602. The van der Waals surface area contributed by atoms with E-state index >= 15 is 0 Å². The Morgan fingerprint density at radius 2 is 1.92 bits per heavy atom. The van der Waals surface area contributed by atoms with Crippen molar-refractivity contribution in [3.63, 3.8) is 0 Å². The maximum Gasteiger partial charge on any atom is 0.220 e. The number of rotatable bonds is 8. The van der Waals surface area contributed by atoms with E-state index < -0.39 is 0 Å². The average Bonchev–Trinajstić information content (AvgIpc) is 2.95. The number of nitrogens with zero attached hydrogens (tertiary/aromatic N) is 1. The van der Waals surface area contributed by atoms with E-state index in [1.807, 2.05) is 12.1 Å². The molecule has 1 heterocycles. The van der Waals surface area contributed by atoms with Crippen LogP contribution >= 0.6 is 40.7 Å². The zero-order valence-corrected chi connectivity index (χ0v) is 17.1. The predicted octanol–water partition coefficient (Wildman–Crippen LogP) is 3.90. The lowest BCUT2D eigenvalue weighted by Gasteiger charge is -2.20. The second-order valence-corrected chi connectivity index (χ2v) is 6.76. The smallest absolute Gasteiger partial charge is 0.220 e. The van der Waals surface area contributed by atoms with Crippen molar-refractivity contribution in [2.45, 2.75) is 44.6 Å². The molecule has 1 fully saturated rings. The highest BCUT2D eigenvalue weighted by molar-refractivity contribution is 9.10. The standard InChI is InChI=1S/C17H26BrN3O.2ClH/c18-15-7-4-5-8-16(15)21-12-10-14(13-21)20-17(22)9-3-1-2-6-11-19;;/h4-5,7-8,14H,1-3,6,9-13,19H2,(H,20,22);2*1H. The first kappa shape index (κ1) is 23.5. The van der Waals surface area contributed by atoms with Crippen molar-refractivity contribution >= 4 is 52.3 Å². The topological polar surface area (TPSA) is 58.4 Å². The van der Waals surface area contributed by atoms with E-state index in [-0.39, 0.29) is 36.8 Å². The molecule has 4 nitrogen and oxygen atoms in total. The number of para-hydroxylation sites is 1. The molecule has 0 saturated carbocycles. The minimum Gasteiger partial charge on any atom is -0.368 e. The zero-order valence-electron chi connectivity index (χ0n) is 13.9. The third-order valence-corrected chi connectivity index (χ3v) is 4.78. The number of anilines is 1. The average molecular weight is 441 g/mol. The molecule has 7 heteroatoms. The summed E-state index contributed by atoms with van der Waals surface area (Å²) in [6.07, 6.45) is 5.90. The Balaban J connectivity index is 0.00000264. The molecule has 0 aliphatic carbocycles. The summed E-state index contributed by atoms with van der Waals surface area (Å²) >= 11 is 3.59. The fourth-order valence-electron chi connectivity index (χ4n) is 2.89. The third-order valence-electron chi connectivity index (χ3n) is 4.10. The molecule has 1 atom stereocenters. The van der Waals surface area contributed by atoms with Gasteiger partial charge in [-0.25, -0.2) is 0 Å². The number of hydrogen-bond donors (Lipinski definition) is 2. The van der Waals surface area contributed by atoms with Gasteiger partial charge in [0.25, 0.3) is 0 Å². The van der Waals surface area contributed by atoms with Gasteiger partial charge < -0.3 is 16.0 Å². The van der Waals surface area contributed by atoms with Gasteiger partial charge in [0.15, 0.2) is 0 Å². The Kier molecular flexibility index (Phi) is 12.6. The summed E-state index contributed by atoms with van der Waals surface area (Å²) < 4.78 is 1.11. The summed E-state index contributed by atoms with van der Waals surface area (Å²) in [7, 11) is 0. The predicted molar refractivity (Wildman–Crippen MR) is 110 cm³/mol. The lowest BCUT2D eigenvalue weighted by Crippen LogP contribution is -2.37. The summed E-state index contributed by atoms with van der Waals surface area (Å²) in [5.74, 6) is 0.187. The Bertz CT molecular complexity index is 491. The lowest BCUT2D eigenvalue weighted by molar-refractivity contribution is -0.121. The second kappa shape index (κ2) is 12.8. The van der Waals surface area contributed by atoms with Crippen molar-refractivity contribution < 1.29 is 4.79 Å². The minimum absolute atomic E-state index is 0. The molecule has 0 bridgehead atoms. The Hall–Kier alpha value is -0.490. The normalized spacial score (nSPS) is 16.2. The first-order valence-electron chi connectivity index (χ1n) is 8.19. The van der Waals surface area contributed by atoms with Gasteiger partial charge in [0.1, 0.15) is 0 Å². The van der Waals surface area contributed by atoms with E-state index in [0.717, 1.165) is 56.2 Å². The van der Waals surface area contributed by atoms with Gasteiger partial charge in [0.2, 0.25) is 5.91 Å². The van der Waals surface area contributed by atoms with Crippen LogP contribution in [-0.2, 0) is 4.79 Å². The first-order chi connectivity index (χ1) is 10.7. The molecule has 1 aromatic carbocycles. The molecule has 3 N–H and O–H groups in total. The van der Waals surface area contributed by atoms with Gasteiger partial charge in [-0.3, -0.25) is 4.79 Å². The molecule has 0 radical (unpaired) electrons. The molecule has 1 aliphatic rings. The summed E-state index contributed by atoms with van der Waals surface area (Å²) in [5.41, 5.74) is 6.67. The number of amides is 1. The molecular weight excluding hydrogens is 413 g/mol. The lowest BCUT2D eigenvalue weighted by atomic mass is 10.1. The van der Waals surface area contributed by atoms with E-state index in [1.54, 1.807) is 0 Å². The van der Waals surface area contributed by atoms with Crippen LogP contribution in [0, 0.1) is 0 Å². The number of carbonyl (C=O) groups is 1. The van der Waals surface area contributed by atoms with Gasteiger partial charge in [-0.1, -0.05) is 25.0 Å². The van der Waals surface area contributed by atoms with Gasteiger partial charge in [0, 0.05) is 30.0 Å². The van der Waals surface area contributed by atoms with Crippen LogP contribution in [0.1, 0.15) is 38.5 Å². The van der Waals surface area contributed by atoms with Gasteiger partial charge >= 0.3 is 0 Å². The van der Waals surface area contributed by atoms with Crippen molar-refractivity contribution in [1.29, 1.82) is 0 Å². The summed E-state index contributed by atoms with van der Waals surface area (Å²) in [5, 5.41) is 3.17. The van der Waals surface area contributed by atoms with E-state index in [4.69, 9.17) is 5.73 Å². The van der Waals surface area contributed by atoms with E-state index in [1.165, 1.54) is 5.69 Å². The highest BCUT2D eigenvalue weighted by Crippen LogP contribution is 2.28. The zero-order chi connectivity index (χ0) is 15.8. The van der Waals surface area contributed by atoms with Crippen molar-refractivity contribution in [1.82, 2.24) is 5.32 Å². The van der Waals surface area contributed by atoms with Gasteiger partial charge in [-0.05, 0) is 53.9 Å². The molecular formula is C17H28BrCl2N3O. The molecule has 0 spiro atoms. The maximum atomic E-state index is 12.0. The highest BCUT2D eigenvalue weighted by atomic mass is 79.9. The monoisotopic (exact) mass is 439 g/mol. The van der Waals surface area contributed by atoms with Crippen LogP contribution in [0.5, 0.6) is 0 Å². The van der Waals surface area contributed by atoms with Gasteiger partial charge in [-0.15, -0.1) is 24.8 Å². The van der Waals surface area contributed by atoms with Crippen LogP contribution in [0.2, 0.25) is 0 Å². The molecule has 0 aromatic heterocycles. The molecule has 1 saturated heterocycles. The highest BCUT2D eigenvalue weighted by Gasteiger charge is 2.24. The Morgan fingerprint density at radius 1 is 1.21 bits per heavy atom. The van der Waals surface area contributed by atoms with Crippen molar-refractivity contribution in [3.8, 4) is 0 Å². The number of halogens is 3. The maximum absolute atomic E-state index is 12.0. The number of carbonyl (C=O) groups excluding carboxylic acids is 1. The largest absolute Gasteiger partial charge is 0.368 e. The SMILES string of the molecule is Cl.Cl.NCCCCCCC(=O)NC1CCN(c2ccccc2Br)C1. The minimum atomic E-state index is 0. The fourth-order valence-corrected chi connectivity index (χ4v) is 3.42. The van der Waals surface area contributed by atoms with Crippen LogP contribution in [-0.4, -0.2) is 31.6 Å². The first-order valence-corrected chi connectivity index (χ1v) is 8.99. The van der Waals surface area contributed by atoms with Crippen molar-refractivity contribution in [2.24, 2.45) is 5.73 Å². The van der Waals surface area contributed by atoms with Crippen LogP contribution in [0.15, 0.2) is 28.7 Å².